The van der Waals surface area contributed by atoms with Crippen LogP contribution in [-0.4, -0.2) is 31.7 Å². The third-order valence-corrected chi connectivity index (χ3v) is 19.9. The van der Waals surface area contributed by atoms with Gasteiger partial charge in [-0.15, -0.1) is 0 Å². The highest BCUT2D eigenvalue weighted by atomic mass is 15.2. The SMILES string of the molecule is c1ccc(N2c3ccccc3B3c4ccccc4-n4c5cc6c(cc5c5c(-n7c8ccccc8c8ccccc87)cc2c3c54)c2c(-n3c4ccccc4c4ccccc43)cc3c4c2n6-c2ccccc2B4c2ccccc2N3c2ccccc2)cc1. The van der Waals surface area contributed by atoms with Gasteiger partial charge in [-0.05, 0) is 130 Å². The van der Waals surface area contributed by atoms with Crippen LogP contribution >= 0.6 is 0 Å². The van der Waals surface area contributed by atoms with Gasteiger partial charge in [0, 0.05) is 88.6 Å². The predicted molar refractivity (Wildman–Crippen MR) is 362 cm³/mol. The molecule has 13 aromatic carbocycles. The summed E-state index contributed by atoms with van der Waals surface area (Å²) < 4.78 is 10.5. The summed E-state index contributed by atoms with van der Waals surface area (Å²) in [7, 11) is 0. The molecule has 394 valence electrons. The summed E-state index contributed by atoms with van der Waals surface area (Å²) in [5.74, 6) is 0. The van der Waals surface area contributed by atoms with Gasteiger partial charge in [0.1, 0.15) is 0 Å². The van der Waals surface area contributed by atoms with Crippen LogP contribution in [0.25, 0.3) is 110 Å². The number of hydrogen-bond acceptors (Lipinski definition) is 2. The number of rotatable bonds is 4. The fraction of sp³-hybridized carbons (Fsp3) is 0. The number of hydrogen-bond donors (Lipinski definition) is 0. The van der Waals surface area contributed by atoms with Crippen LogP contribution in [-0.2, 0) is 0 Å². The van der Waals surface area contributed by atoms with E-state index in [-0.39, 0.29) is 13.4 Å². The molecule has 86 heavy (non-hydrogen) atoms. The van der Waals surface area contributed by atoms with Gasteiger partial charge in [-0.3, -0.25) is 0 Å². The second-order valence-electron chi connectivity index (χ2n) is 23.8. The first-order valence-corrected chi connectivity index (χ1v) is 30.0. The molecule has 0 bridgehead atoms. The zero-order valence-electron chi connectivity index (χ0n) is 46.4. The zero-order chi connectivity index (χ0) is 55.6. The molecule has 17 aromatic rings. The standard InChI is InChI=1S/C78H46B2N6/c1-3-23-47(24-4-1)81-63-39-19-11-31-55(63)79-57-33-13-21-41-65(57)85-67-44-68-54(43-53(67)73-69(45-71(81)75(79)77(73)85)83-59-35-15-7-27-49(59)50-28-8-16-36-60(50)83)74-70(84-61-37-17-9-29-51(61)52-30-10-18-38-62(52)84)46-72-76-78(74)86(68)66-42-22-14-34-58(66)80(76)56-32-12-20-40-64(56)82(72)48-25-5-2-6-26-48/h1-46H. The normalized spacial score (nSPS) is 13.5. The van der Waals surface area contributed by atoms with Crippen LogP contribution in [0, 0.1) is 0 Å². The van der Waals surface area contributed by atoms with Crippen molar-refractivity contribution < 1.29 is 0 Å². The van der Waals surface area contributed by atoms with Gasteiger partial charge in [-0.25, -0.2) is 0 Å². The number of benzene rings is 13. The van der Waals surface area contributed by atoms with Gasteiger partial charge in [0.2, 0.25) is 0 Å². The number of aromatic nitrogens is 4. The second kappa shape index (κ2) is 16.3. The Morgan fingerprint density at radius 3 is 0.907 bits per heavy atom. The van der Waals surface area contributed by atoms with E-state index in [9.17, 15) is 0 Å². The van der Waals surface area contributed by atoms with Crippen LogP contribution in [0.15, 0.2) is 279 Å². The van der Waals surface area contributed by atoms with E-state index in [0.29, 0.717) is 0 Å². The summed E-state index contributed by atoms with van der Waals surface area (Å²) in [6, 6.07) is 105. The van der Waals surface area contributed by atoms with Gasteiger partial charge in [0.25, 0.3) is 13.4 Å². The first kappa shape index (κ1) is 45.3. The van der Waals surface area contributed by atoms with Crippen molar-refractivity contribution in [1.82, 2.24) is 18.3 Å². The van der Waals surface area contributed by atoms with Crippen molar-refractivity contribution in [2.24, 2.45) is 0 Å². The number of nitrogens with zero attached hydrogens (tertiary/aromatic N) is 6. The lowest BCUT2D eigenvalue weighted by molar-refractivity contribution is 1.16. The van der Waals surface area contributed by atoms with Gasteiger partial charge in [0.15, 0.2) is 0 Å². The fourth-order valence-electron chi connectivity index (χ4n) is 16.7. The largest absolute Gasteiger partial charge is 0.311 e. The third-order valence-electron chi connectivity index (χ3n) is 19.9. The van der Waals surface area contributed by atoms with E-state index >= 15 is 0 Å². The lowest BCUT2D eigenvalue weighted by atomic mass is 9.34. The van der Waals surface area contributed by atoms with Gasteiger partial charge >= 0.3 is 0 Å². The second-order valence-corrected chi connectivity index (χ2v) is 23.8. The highest BCUT2D eigenvalue weighted by Crippen LogP contribution is 2.51. The summed E-state index contributed by atoms with van der Waals surface area (Å²) in [5.41, 5.74) is 29.3. The van der Waals surface area contributed by atoms with Crippen LogP contribution in [0.2, 0.25) is 0 Å². The summed E-state index contributed by atoms with van der Waals surface area (Å²) in [4.78, 5) is 5.09. The maximum atomic E-state index is 2.67. The van der Waals surface area contributed by atoms with Crippen molar-refractivity contribution in [3.63, 3.8) is 0 Å². The predicted octanol–water partition coefficient (Wildman–Crippen LogP) is 15.3. The molecule has 8 heterocycles. The van der Waals surface area contributed by atoms with Crippen molar-refractivity contribution in [3.05, 3.63) is 279 Å². The summed E-state index contributed by atoms with van der Waals surface area (Å²) in [6.07, 6.45) is 0. The van der Waals surface area contributed by atoms with Crippen molar-refractivity contribution in [2.75, 3.05) is 9.80 Å². The first-order chi connectivity index (χ1) is 42.8. The van der Waals surface area contributed by atoms with Crippen LogP contribution in [0.4, 0.5) is 34.1 Å². The molecule has 0 radical (unpaired) electrons. The lowest BCUT2D eigenvalue weighted by Crippen LogP contribution is -2.60. The molecule has 4 aromatic heterocycles. The zero-order valence-corrected chi connectivity index (χ0v) is 46.4. The highest BCUT2D eigenvalue weighted by Gasteiger charge is 2.46. The molecule has 0 N–H and O–H groups in total. The molecule has 0 saturated heterocycles. The first-order valence-electron chi connectivity index (χ1n) is 30.0. The monoisotopic (exact) mass is 1090 g/mol. The van der Waals surface area contributed by atoms with E-state index in [1.165, 1.54) is 154 Å². The molecule has 6 nitrogen and oxygen atoms in total. The maximum Gasteiger partial charge on any atom is 0.252 e. The van der Waals surface area contributed by atoms with E-state index in [0.717, 1.165) is 22.7 Å². The summed E-state index contributed by atoms with van der Waals surface area (Å²) >= 11 is 0. The summed E-state index contributed by atoms with van der Waals surface area (Å²) in [6.45, 7) is -0.0440. The Kier molecular flexibility index (Phi) is 8.60. The van der Waals surface area contributed by atoms with E-state index in [2.05, 4.69) is 307 Å². The molecular weight excluding hydrogens is 1040 g/mol. The van der Waals surface area contributed by atoms with E-state index in [4.69, 9.17) is 0 Å². The average Bonchev–Trinajstić information content (AvgIpc) is 1.44. The topological polar surface area (TPSA) is 26.2 Å². The van der Waals surface area contributed by atoms with Crippen molar-refractivity contribution in [2.45, 2.75) is 0 Å². The third kappa shape index (κ3) is 5.52. The molecule has 4 aliphatic rings. The van der Waals surface area contributed by atoms with Gasteiger partial charge in [-0.2, -0.15) is 0 Å². The minimum atomic E-state index is -0.0220. The van der Waals surface area contributed by atoms with Crippen LogP contribution in [0.5, 0.6) is 0 Å². The lowest BCUT2D eigenvalue weighted by Gasteiger charge is -2.40. The van der Waals surface area contributed by atoms with Gasteiger partial charge in [0.05, 0.1) is 55.5 Å². The maximum absolute atomic E-state index is 2.67. The van der Waals surface area contributed by atoms with E-state index in [1.54, 1.807) is 0 Å². The highest BCUT2D eigenvalue weighted by molar-refractivity contribution is 7.01. The molecule has 0 spiro atoms. The quantitative estimate of drug-likeness (QED) is 0.164. The molecular formula is C78H46B2N6. The van der Waals surface area contributed by atoms with Crippen LogP contribution in [0.3, 0.4) is 0 Å². The minimum absolute atomic E-state index is 0.0220. The molecule has 0 saturated carbocycles. The Hall–Kier alpha value is -11.2. The molecule has 8 heteroatoms. The van der Waals surface area contributed by atoms with Crippen molar-refractivity contribution in [1.29, 1.82) is 0 Å². The Labute approximate surface area is 494 Å². The molecule has 0 aliphatic carbocycles. The molecule has 4 aliphatic heterocycles. The molecule has 0 atom stereocenters. The Bertz CT molecular complexity index is 5420. The number of fused-ring (bicyclic) bond motifs is 22. The summed E-state index contributed by atoms with van der Waals surface area (Å²) in [5, 5.41) is 9.88. The Morgan fingerprint density at radius 1 is 0.209 bits per heavy atom. The van der Waals surface area contributed by atoms with E-state index < -0.39 is 0 Å². The molecule has 21 rings (SSSR count). The smallest absolute Gasteiger partial charge is 0.252 e. The minimum Gasteiger partial charge on any atom is -0.311 e. The molecule has 0 fully saturated rings. The fourth-order valence-corrected chi connectivity index (χ4v) is 16.7. The van der Waals surface area contributed by atoms with Gasteiger partial charge < -0.3 is 28.1 Å². The number of anilines is 6. The van der Waals surface area contributed by atoms with Gasteiger partial charge in [-0.1, -0.05) is 182 Å². The Balaban J connectivity index is 1.01. The average molecular weight is 1090 g/mol. The van der Waals surface area contributed by atoms with Crippen molar-refractivity contribution >= 4 is 168 Å². The van der Waals surface area contributed by atoms with E-state index in [1.807, 2.05) is 0 Å². The van der Waals surface area contributed by atoms with Crippen LogP contribution in [0.1, 0.15) is 0 Å². The van der Waals surface area contributed by atoms with Crippen molar-refractivity contribution in [3.8, 4) is 22.7 Å². The Morgan fingerprint density at radius 2 is 0.523 bits per heavy atom. The van der Waals surface area contributed by atoms with Crippen LogP contribution < -0.4 is 42.6 Å². The molecule has 0 unspecified atom stereocenters. The molecule has 0 amide bonds. The number of para-hydroxylation sites is 10.